The number of halogens is 11. The van der Waals surface area contributed by atoms with Crippen LogP contribution in [0, 0.1) is 0 Å². The molecular weight excluding hydrogens is 1430 g/mol. The maximum absolute atomic E-state index is 2.95. The zero-order chi connectivity index (χ0) is 12.0. The summed E-state index contributed by atoms with van der Waals surface area (Å²) in [6.07, 6.45) is 0. The molecule has 0 fully saturated rings. The molecule has 0 unspecified atom stereocenters. The molecule has 0 amide bonds. The van der Waals surface area contributed by atoms with Crippen LogP contribution in [0.1, 0.15) is 13.8 Å². The third-order valence-corrected chi connectivity index (χ3v) is 894. The number of rotatable bonds is 3. The van der Waals surface area contributed by atoms with E-state index in [1.807, 2.05) is 0 Å². The normalized spacial score (nSPS) is 20.9. The molecule has 14 heavy (non-hydrogen) atoms. The number of hydrogen-bond acceptors (Lipinski definition) is 0. The topological polar surface area (TPSA) is 0 Å². The molecule has 96 valence electrons. The molecule has 0 aromatic carbocycles. The van der Waals surface area contributed by atoms with Gasteiger partial charge in [-0.2, -0.15) is 0 Å². The second kappa shape index (κ2) is 7.29. The van der Waals surface area contributed by atoms with Crippen LogP contribution in [0.25, 0.3) is 0 Å². The van der Waals surface area contributed by atoms with Crippen molar-refractivity contribution < 1.29 is 0 Å². The van der Waals surface area contributed by atoms with Crippen LogP contribution in [0.3, 0.4) is 0 Å². The zero-order valence-corrected chi connectivity index (χ0v) is 30.5. The van der Waals surface area contributed by atoms with Crippen LogP contribution >= 0.6 is 155 Å². The Morgan fingerprint density at radius 1 is 0.857 bits per heavy atom. The van der Waals surface area contributed by atoms with E-state index >= 15 is 0 Å². The molecule has 11 heteroatoms. The van der Waals surface area contributed by atoms with E-state index < -0.39 is 6.22 Å². The van der Waals surface area contributed by atoms with Crippen molar-refractivity contribution in [2.75, 3.05) is 0 Å². The fraction of sp³-hybridized carbons (Fsp3) is 1.00. The molecule has 0 aromatic rings. The molecular formula is C3H7I11. The summed E-state index contributed by atoms with van der Waals surface area (Å²) in [5, 5.41) is 0. The molecule has 0 saturated heterocycles. The summed E-state index contributed by atoms with van der Waals surface area (Å²) in [5.74, 6) is 0. The molecule has 0 radical (unpaired) electrons. The summed E-state index contributed by atoms with van der Waals surface area (Å²) in [6.45, 7) is 4.90. The summed E-state index contributed by atoms with van der Waals surface area (Å²) in [5.41, 5.74) is 0. The Kier molecular flexibility index (Phi) is 11.5. The van der Waals surface area contributed by atoms with Gasteiger partial charge in [0, 0.05) is 0 Å². The molecule has 0 atom stereocenters. The van der Waals surface area contributed by atoms with Crippen LogP contribution in [-0.4, -0.2) is 3.92 Å². The van der Waals surface area contributed by atoms with Crippen LogP contribution in [0.4, 0.5) is 0 Å². The molecule has 0 aliphatic carbocycles. The van der Waals surface area contributed by atoms with E-state index in [2.05, 4.69) is 163 Å². The van der Waals surface area contributed by atoms with E-state index in [-0.39, 0.29) is 0 Å². The van der Waals surface area contributed by atoms with Crippen LogP contribution < -0.4 is 0 Å². The van der Waals surface area contributed by atoms with Crippen molar-refractivity contribution in [3.63, 3.8) is 0 Å². The first-order valence-corrected chi connectivity index (χ1v) is 66.9. The van der Waals surface area contributed by atoms with Gasteiger partial charge in [0.05, 0.1) is 0 Å². The number of alkyl halides is 1. The molecule has 0 heterocycles. The summed E-state index contributed by atoms with van der Waals surface area (Å²) >= 11 is 23.2. The molecule has 0 saturated carbocycles. The van der Waals surface area contributed by atoms with Crippen molar-refractivity contribution in [3.8, 4) is 0 Å². The third kappa shape index (κ3) is 4.53. The van der Waals surface area contributed by atoms with Crippen molar-refractivity contribution in [3.05, 3.63) is 0 Å². The molecule has 0 nitrogen and oxygen atoms in total. The van der Waals surface area contributed by atoms with Crippen LogP contribution in [-0.2, 0) is 0 Å². The van der Waals surface area contributed by atoms with E-state index in [9.17, 15) is 0 Å². The third-order valence-electron chi connectivity index (χ3n) is 1.19. The molecule has 0 bridgehead atoms. The van der Waals surface area contributed by atoms with E-state index in [0.717, 1.165) is 3.92 Å². The van der Waals surface area contributed by atoms with Gasteiger partial charge >= 0.3 is 173 Å². The van der Waals surface area contributed by atoms with Crippen molar-refractivity contribution in [1.29, 1.82) is 0 Å². The number of hydrogen-bond donors (Lipinski definition) is 0. The van der Waals surface area contributed by atoms with Gasteiger partial charge in [0.2, 0.25) is 0 Å². The molecule has 0 aliphatic heterocycles. The van der Waals surface area contributed by atoms with Gasteiger partial charge in [-0.15, -0.1) is 0 Å². The van der Waals surface area contributed by atoms with Crippen LogP contribution in [0.15, 0.2) is 0 Å². The van der Waals surface area contributed by atoms with Crippen LogP contribution in [0.5, 0.6) is 0 Å². The Hall–Kier alpha value is 8.03. The summed E-state index contributed by atoms with van der Waals surface area (Å²) < 4.78 is -3.50. The Labute approximate surface area is 165 Å². The van der Waals surface area contributed by atoms with Gasteiger partial charge in [-0.1, -0.05) is 0 Å². The van der Waals surface area contributed by atoms with Gasteiger partial charge < -0.3 is 0 Å². The van der Waals surface area contributed by atoms with Crippen molar-refractivity contribution in [2.24, 2.45) is 0 Å². The Balaban J connectivity index is 5.71. The van der Waals surface area contributed by atoms with Crippen molar-refractivity contribution in [2.45, 2.75) is 17.8 Å². The molecule has 0 aliphatic rings. The summed E-state index contributed by atoms with van der Waals surface area (Å²) in [4.78, 5) is 0. The average Bonchev–Trinajstić information content (AvgIpc) is 1.83. The average molecular weight is 1440 g/mol. The van der Waals surface area contributed by atoms with Gasteiger partial charge in [0.1, 0.15) is 0 Å². The minimum atomic E-state index is -2.23. The van der Waals surface area contributed by atoms with E-state index in [0.29, 0.717) is 0 Å². The SMILES string of the molecule is CC(C)I(I)(I)(I)I(I)(I)(I)I(I)I. The first-order valence-electron chi connectivity index (χ1n) is 2.80. The monoisotopic (exact) mass is 1440 g/mol. The predicted octanol–water partition coefficient (Wildman–Crippen LogP) is 10.7. The second-order valence-electron chi connectivity index (χ2n) is 2.37. The van der Waals surface area contributed by atoms with Gasteiger partial charge in [-0.25, -0.2) is 0 Å². The molecule has 0 spiro atoms. The van der Waals surface area contributed by atoms with Gasteiger partial charge in [0.25, 0.3) is 0 Å². The van der Waals surface area contributed by atoms with Crippen molar-refractivity contribution >= 4 is 155 Å². The standard InChI is InChI=1S/C3H7I11/c1-3(2)13(6,7,8)14(9,10,11)12(4)5/h3H,1-2H3. The van der Waals surface area contributed by atoms with Gasteiger partial charge in [0.15, 0.2) is 0 Å². The maximum atomic E-state index is 2.95. The van der Waals surface area contributed by atoms with E-state index in [1.165, 1.54) is 0 Å². The first kappa shape index (κ1) is 22.0. The van der Waals surface area contributed by atoms with Gasteiger partial charge in [-0.05, 0) is 0 Å². The zero-order valence-electron chi connectivity index (χ0n) is 6.73. The van der Waals surface area contributed by atoms with E-state index in [1.54, 1.807) is 0 Å². The quantitative estimate of drug-likeness (QED) is 0.195. The summed E-state index contributed by atoms with van der Waals surface area (Å²) in [7, 11) is -0.777. The summed E-state index contributed by atoms with van der Waals surface area (Å²) in [6, 6.07) is 0. The second-order valence-corrected chi connectivity index (χ2v) is 328. The minimum absolute atomic E-state index is 0.777. The molecule has 0 N–H and O–H groups in total. The molecule has 0 rings (SSSR count). The fourth-order valence-corrected chi connectivity index (χ4v) is 752. The molecule has 0 aromatic heterocycles. The first-order chi connectivity index (χ1) is 5.71. The Morgan fingerprint density at radius 3 is 1.21 bits per heavy atom. The van der Waals surface area contributed by atoms with Crippen molar-refractivity contribution in [1.82, 2.24) is 0 Å². The van der Waals surface area contributed by atoms with E-state index in [4.69, 9.17) is 0 Å². The fourth-order valence-electron chi connectivity index (χ4n) is 0.319. The predicted molar refractivity (Wildman–Crippen MR) is 169 cm³/mol. The van der Waals surface area contributed by atoms with Gasteiger partial charge in [-0.3, -0.25) is 0 Å². The Bertz CT molecular complexity index is 196. The Morgan fingerprint density at radius 2 is 1.14 bits per heavy atom. The van der Waals surface area contributed by atoms with Crippen LogP contribution in [0.2, 0.25) is 0 Å².